The molecular weight excluding hydrogens is 180 g/mol. The van der Waals surface area contributed by atoms with Gasteiger partial charge in [-0.2, -0.15) is 0 Å². The van der Waals surface area contributed by atoms with Crippen LogP contribution in [-0.4, -0.2) is 24.3 Å². The molecule has 0 aliphatic heterocycles. The summed E-state index contributed by atoms with van der Waals surface area (Å²) in [5.41, 5.74) is 0. The molecule has 3 nitrogen and oxygen atoms in total. The van der Waals surface area contributed by atoms with Gasteiger partial charge < -0.3 is 9.84 Å². The predicted octanol–water partition coefficient (Wildman–Crippen LogP) is 1.90. The molecule has 82 valence electrons. The van der Waals surface area contributed by atoms with Crippen molar-refractivity contribution in [2.45, 2.75) is 33.1 Å². The van der Waals surface area contributed by atoms with Gasteiger partial charge in [0, 0.05) is 12.7 Å². The van der Waals surface area contributed by atoms with E-state index in [1.807, 2.05) is 6.08 Å². The first kappa shape index (κ1) is 13.2. The first-order valence-corrected chi connectivity index (χ1v) is 5.20. The number of esters is 1. The summed E-state index contributed by atoms with van der Waals surface area (Å²) in [7, 11) is 0. The van der Waals surface area contributed by atoms with Gasteiger partial charge in [0.2, 0.25) is 0 Å². The van der Waals surface area contributed by atoms with Crippen molar-refractivity contribution in [3.63, 3.8) is 0 Å². The Bertz CT molecular complexity index is 175. The van der Waals surface area contributed by atoms with Crippen molar-refractivity contribution in [1.29, 1.82) is 0 Å². The maximum atomic E-state index is 11.0. The van der Waals surface area contributed by atoms with Gasteiger partial charge in [-0.15, -0.1) is 0 Å². The average molecular weight is 200 g/mol. The fourth-order valence-electron chi connectivity index (χ4n) is 1.19. The number of carbonyl (C=O) groups is 1. The lowest BCUT2D eigenvalue weighted by Gasteiger charge is -2.07. The van der Waals surface area contributed by atoms with E-state index in [0.717, 1.165) is 19.3 Å². The van der Waals surface area contributed by atoms with Crippen LogP contribution in [0, 0.1) is 5.92 Å². The Morgan fingerprint density at radius 3 is 2.71 bits per heavy atom. The quantitative estimate of drug-likeness (QED) is 0.504. The minimum Gasteiger partial charge on any atom is -0.463 e. The number of hydrogen-bond donors (Lipinski definition) is 1. The molecule has 0 aromatic carbocycles. The van der Waals surface area contributed by atoms with E-state index in [-0.39, 0.29) is 12.6 Å². The van der Waals surface area contributed by atoms with Gasteiger partial charge in [0.1, 0.15) is 0 Å². The van der Waals surface area contributed by atoms with Crippen molar-refractivity contribution < 1.29 is 14.6 Å². The third-order valence-corrected chi connectivity index (χ3v) is 2.05. The fourth-order valence-corrected chi connectivity index (χ4v) is 1.19. The van der Waals surface area contributed by atoms with E-state index in [2.05, 4.69) is 6.92 Å². The highest BCUT2D eigenvalue weighted by Gasteiger charge is 2.02. The zero-order valence-electron chi connectivity index (χ0n) is 9.03. The zero-order chi connectivity index (χ0) is 10.8. The van der Waals surface area contributed by atoms with Crippen LogP contribution in [0.5, 0.6) is 0 Å². The molecule has 0 amide bonds. The van der Waals surface area contributed by atoms with Crippen molar-refractivity contribution in [3.8, 4) is 0 Å². The molecule has 3 heteroatoms. The Morgan fingerprint density at radius 1 is 1.50 bits per heavy atom. The van der Waals surface area contributed by atoms with Crippen molar-refractivity contribution in [3.05, 3.63) is 12.2 Å². The molecule has 0 aliphatic carbocycles. The second-order valence-corrected chi connectivity index (χ2v) is 3.15. The van der Waals surface area contributed by atoms with Crippen LogP contribution in [0.2, 0.25) is 0 Å². The maximum absolute atomic E-state index is 11.0. The van der Waals surface area contributed by atoms with Crippen LogP contribution in [0.3, 0.4) is 0 Å². The fraction of sp³-hybridized carbons (Fsp3) is 0.727. The summed E-state index contributed by atoms with van der Waals surface area (Å²) in [5.74, 6) is 0.0847. The smallest absolute Gasteiger partial charge is 0.330 e. The Hall–Kier alpha value is -0.830. The SMILES string of the molecule is CCOC(=O)/C=C/C(CC)CCCO. The van der Waals surface area contributed by atoms with E-state index in [9.17, 15) is 4.79 Å². The van der Waals surface area contributed by atoms with Crippen molar-refractivity contribution >= 4 is 5.97 Å². The largest absolute Gasteiger partial charge is 0.463 e. The molecule has 1 N–H and O–H groups in total. The number of ether oxygens (including phenoxy) is 1. The summed E-state index contributed by atoms with van der Waals surface area (Å²) in [4.78, 5) is 11.0. The standard InChI is InChI=1S/C11H20O3/c1-3-10(6-5-9-12)7-8-11(13)14-4-2/h7-8,10,12H,3-6,9H2,1-2H3/b8-7+. The molecular formula is C11H20O3. The molecule has 0 spiro atoms. The van der Waals surface area contributed by atoms with Crippen LogP contribution in [0.1, 0.15) is 33.1 Å². The maximum Gasteiger partial charge on any atom is 0.330 e. The second kappa shape index (κ2) is 8.75. The van der Waals surface area contributed by atoms with E-state index in [0.29, 0.717) is 12.5 Å². The molecule has 0 fully saturated rings. The van der Waals surface area contributed by atoms with Gasteiger partial charge in [-0.25, -0.2) is 4.79 Å². The van der Waals surface area contributed by atoms with Crippen LogP contribution in [0.4, 0.5) is 0 Å². The van der Waals surface area contributed by atoms with Crippen molar-refractivity contribution in [1.82, 2.24) is 0 Å². The van der Waals surface area contributed by atoms with E-state index >= 15 is 0 Å². The molecule has 0 saturated heterocycles. The number of aliphatic hydroxyl groups excluding tert-OH is 1. The first-order valence-electron chi connectivity index (χ1n) is 5.20. The number of aliphatic hydroxyl groups is 1. The summed E-state index contributed by atoms with van der Waals surface area (Å²) in [6.07, 6.45) is 6.03. The molecule has 0 bridgehead atoms. The number of rotatable bonds is 7. The summed E-state index contributed by atoms with van der Waals surface area (Å²) < 4.78 is 4.77. The van der Waals surface area contributed by atoms with Gasteiger partial charge in [0.05, 0.1) is 6.61 Å². The number of hydrogen-bond acceptors (Lipinski definition) is 3. The van der Waals surface area contributed by atoms with Gasteiger partial charge in [0.25, 0.3) is 0 Å². The highest BCUT2D eigenvalue weighted by molar-refractivity contribution is 5.81. The zero-order valence-corrected chi connectivity index (χ0v) is 9.03. The van der Waals surface area contributed by atoms with Gasteiger partial charge in [0.15, 0.2) is 0 Å². The topological polar surface area (TPSA) is 46.5 Å². The van der Waals surface area contributed by atoms with Crippen LogP contribution >= 0.6 is 0 Å². The molecule has 0 aliphatic rings. The Labute approximate surface area is 85.8 Å². The third kappa shape index (κ3) is 6.66. The molecule has 0 aromatic rings. The number of carbonyl (C=O) groups excluding carboxylic acids is 1. The van der Waals surface area contributed by atoms with Gasteiger partial charge in [-0.05, 0) is 32.1 Å². The summed E-state index contributed by atoms with van der Waals surface area (Å²) >= 11 is 0. The van der Waals surface area contributed by atoms with E-state index in [4.69, 9.17) is 9.84 Å². The lowest BCUT2D eigenvalue weighted by molar-refractivity contribution is -0.137. The molecule has 0 radical (unpaired) electrons. The predicted molar refractivity (Wildman–Crippen MR) is 55.9 cm³/mol. The van der Waals surface area contributed by atoms with Crippen molar-refractivity contribution in [2.75, 3.05) is 13.2 Å². The summed E-state index contributed by atoms with van der Waals surface area (Å²) in [5, 5.41) is 8.66. The monoisotopic (exact) mass is 200 g/mol. The average Bonchev–Trinajstić information content (AvgIpc) is 2.19. The van der Waals surface area contributed by atoms with Crippen LogP contribution < -0.4 is 0 Å². The minimum atomic E-state index is -0.282. The summed E-state index contributed by atoms with van der Waals surface area (Å²) in [6, 6.07) is 0. The molecule has 0 saturated carbocycles. The van der Waals surface area contributed by atoms with E-state index in [1.165, 1.54) is 6.08 Å². The molecule has 14 heavy (non-hydrogen) atoms. The lowest BCUT2D eigenvalue weighted by Crippen LogP contribution is -2.02. The molecule has 0 aromatic heterocycles. The normalized spacial score (nSPS) is 13.1. The second-order valence-electron chi connectivity index (χ2n) is 3.15. The van der Waals surface area contributed by atoms with Crippen molar-refractivity contribution in [2.24, 2.45) is 5.92 Å². The Morgan fingerprint density at radius 2 is 2.21 bits per heavy atom. The molecule has 0 heterocycles. The van der Waals surface area contributed by atoms with Gasteiger partial charge in [-0.1, -0.05) is 13.0 Å². The molecule has 0 rings (SSSR count). The Balaban J connectivity index is 3.84. The third-order valence-electron chi connectivity index (χ3n) is 2.05. The first-order chi connectivity index (χ1) is 6.74. The van der Waals surface area contributed by atoms with E-state index in [1.54, 1.807) is 6.92 Å². The molecule has 1 unspecified atom stereocenters. The highest BCUT2D eigenvalue weighted by atomic mass is 16.5. The van der Waals surface area contributed by atoms with Gasteiger partial charge >= 0.3 is 5.97 Å². The van der Waals surface area contributed by atoms with Crippen LogP contribution in [0.15, 0.2) is 12.2 Å². The highest BCUT2D eigenvalue weighted by Crippen LogP contribution is 2.12. The number of allylic oxidation sites excluding steroid dienone is 1. The summed E-state index contributed by atoms with van der Waals surface area (Å²) in [6.45, 7) is 4.48. The van der Waals surface area contributed by atoms with E-state index < -0.39 is 0 Å². The lowest BCUT2D eigenvalue weighted by atomic mass is 10.0. The van der Waals surface area contributed by atoms with Crippen LogP contribution in [0.25, 0.3) is 0 Å². The van der Waals surface area contributed by atoms with Gasteiger partial charge in [-0.3, -0.25) is 0 Å². The van der Waals surface area contributed by atoms with Crippen LogP contribution in [-0.2, 0) is 9.53 Å². The minimum absolute atomic E-state index is 0.212. The Kier molecular flexibility index (Phi) is 8.24. The molecule has 1 atom stereocenters.